The number of rotatable bonds is 4. The molecule has 0 atom stereocenters. The lowest BCUT2D eigenvalue weighted by atomic mass is 10.0. The van der Waals surface area contributed by atoms with Gasteiger partial charge in [-0.15, -0.1) is 12.4 Å². The quantitative estimate of drug-likeness (QED) is 0.688. The minimum absolute atomic E-state index is 0. The molecule has 0 aromatic heterocycles. The second-order valence-electron chi connectivity index (χ2n) is 7.44. The van der Waals surface area contributed by atoms with Gasteiger partial charge >= 0.3 is 0 Å². The second kappa shape index (κ2) is 9.01. The number of carbonyl (C=O) groups is 1. The summed E-state index contributed by atoms with van der Waals surface area (Å²) in [7, 11) is 0. The third-order valence-corrected chi connectivity index (χ3v) is 5.79. The van der Waals surface area contributed by atoms with Crippen molar-refractivity contribution in [2.75, 3.05) is 31.1 Å². The summed E-state index contributed by atoms with van der Waals surface area (Å²) in [6, 6.07) is 11.5. The van der Waals surface area contributed by atoms with Crippen molar-refractivity contribution in [3.8, 4) is 0 Å². The molecule has 0 radical (unpaired) electrons. The second-order valence-corrected chi connectivity index (χ2v) is 7.44. The molecule has 0 bridgehead atoms. The maximum Gasteiger partial charge on any atom is 0.193 e. The lowest BCUT2D eigenvalue weighted by molar-refractivity contribution is 0.103. The molecule has 0 spiro atoms. The van der Waals surface area contributed by atoms with Crippen LogP contribution in [0.25, 0.3) is 0 Å². The van der Waals surface area contributed by atoms with E-state index < -0.39 is 11.6 Å². The minimum Gasteiger partial charge on any atom is -0.364 e. The van der Waals surface area contributed by atoms with Crippen molar-refractivity contribution in [3.05, 3.63) is 65.2 Å². The molecule has 1 heterocycles. The van der Waals surface area contributed by atoms with Crippen LogP contribution in [-0.4, -0.2) is 42.9 Å². The monoisotopic (exact) mass is 406 g/mol. The van der Waals surface area contributed by atoms with Crippen LogP contribution < -0.4 is 4.90 Å². The third-order valence-electron chi connectivity index (χ3n) is 5.79. The molecule has 28 heavy (non-hydrogen) atoms. The summed E-state index contributed by atoms with van der Waals surface area (Å²) in [6.07, 6.45) is 5.04. The smallest absolute Gasteiger partial charge is 0.193 e. The van der Waals surface area contributed by atoms with E-state index in [0.717, 1.165) is 25.2 Å². The number of hydrogen-bond acceptors (Lipinski definition) is 3. The summed E-state index contributed by atoms with van der Waals surface area (Å²) in [5.41, 5.74) is 0.462. The Kier molecular flexibility index (Phi) is 6.68. The Balaban J connectivity index is 0.00000225. The average Bonchev–Trinajstić information content (AvgIpc) is 3.23. The topological polar surface area (TPSA) is 23.6 Å². The summed E-state index contributed by atoms with van der Waals surface area (Å²) < 4.78 is 29.4. The lowest BCUT2D eigenvalue weighted by Crippen LogP contribution is -2.50. The number of piperazine rings is 1. The van der Waals surface area contributed by atoms with Crippen LogP contribution in [-0.2, 0) is 0 Å². The van der Waals surface area contributed by atoms with Crippen LogP contribution in [0.2, 0.25) is 0 Å². The molecule has 3 nitrogen and oxygen atoms in total. The van der Waals surface area contributed by atoms with Crippen molar-refractivity contribution in [1.29, 1.82) is 0 Å². The highest BCUT2D eigenvalue weighted by Gasteiger charge is 2.28. The van der Waals surface area contributed by atoms with Gasteiger partial charge in [-0.25, -0.2) is 8.78 Å². The van der Waals surface area contributed by atoms with Gasteiger partial charge in [0.25, 0.3) is 0 Å². The number of ketones is 1. The first-order valence-corrected chi connectivity index (χ1v) is 9.71. The average molecular weight is 407 g/mol. The highest BCUT2D eigenvalue weighted by atomic mass is 35.5. The molecule has 1 saturated heterocycles. The van der Waals surface area contributed by atoms with Crippen LogP contribution in [0.4, 0.5) is 14.5 Å². The highest BCUT2D eigenvalue weighted by Crippen LogP contribution is 2.29. The molecule has 2 fully saturated rings. The van der Waals surface area contributed by atoms with Gasteiger partial charge in [-0.05, 0) is 25.0 Å². The Morgan fingerprint density at radius 2 is 1.43 bits per heavy atom. The van der Waals surface area contributed by atoms with Crippen molar-refractivity contribution < 1.29 is 13.6 Å². The fourth-order valence-electron chi connectivity index (χ4n) is 4.33. The van der Waals surface area contributed by atoms with Crippen LogP contribution in [0.5, 0.6) is 0 Å². The molecular weight excluding hydrogens is 382 g/mol. The van der Waals surface area contributed by atoms with Crippen LogP contribution in [0.1, 0.15) is 41.6 Å². The highest BCUT2D eigenvalue weighted by molar-refractivity contribution is 6.09. The Hall–Kier alpha value is -1.98. The van der Waals surface area contributed by atoms with Gasteiger partial charge < -0.3 is 4.90 Å². The van der Waals surface area contributed by atoms with Gasteiger partial charge in [0.1, 0.15) is 17.3 Å². The van der Waals surface area contributed by atoms with Crippen LogP contribution in [0, 0.1) is 11.6 Å². The zero-order valence-electron chi connectivity index (χ0n) is 15.7. The van der Waals surface area contributed by atoms with E-state index in [1.807, 2.05) is 0 Å². The molecule has 2 aromatic rings. The Morgan fingerprint density at radius 3 is 2.00 bits per heavy atom. The molecule has 1 saturated carbocycles. The first-order chi connectivity index (χ1) is 13.1. The fourth-order valence-corrected chi connectivity index (χ4v) is 4.33. The standard InChI is InChI=1S/C22H24F2N2O.ClH/c23-19-14-17(22(27)16-6-2-1-3-7-16)15-20(24)21(19)26-12-10-25(11-13-26)18-8-4-5-9-18;/h1-3,6-7,14-15,18H,4-5,8-13H2;1H. The zero-order chi connectivity index (χ0) is 18.8. The SMILES string of the molecule is Cl.O=C(c1ccccc1)c1cc(F)c(N2CCN(C3CCCC3)CC2)c(F)c1. The van der Waals surface area contributed by atoms with Crippen LogP contribution in [0.3, 0.4) is 0 Å². The maximum absolute atomic E-state index is 14.7. The number of carbonyl (C=O) groups excluding carboxylic acids is 1. The minimum atomic E-state index is -0.663. The van der Waals surface area contributed by atoms with Crippen molar-refractivity contribution in [2.45, 2.75) is 31.7 Å². The van der Waals surface area contributed by atoms with E-state index in [-0.39, 0.29) is 29.4 Å². The van der Waals surface area contributed by atoms with E-state index in [2.05, 4.69) is 4.90 Å². The summed E-state index contributed by atoms with van der Waals surface area (Å²) in [6.45, 7) is 2.87. The zero-order valence-corrected chi connectivity index (χ0v) is 16.6. The molecule has 2 aliphatic rings. The molecule has 0 amide bonds. The van der Waals surface area contributed by atoms with Crippen molar-refractivity contribution in [2.24, 2.45) is 0 Å². The van der Waals surface area contributed by atoms with Crippen molar-refractivity contribution >= 4 is 23.9 Å². The maximum atomic E-state index is 14.7. The molecule has 4 rings (SSSR count). The first-order valence-electron chi connectivity index (χ1n) is 9.71. The van der Waals surface area contributed by atoms with E-state index in [1.54, 1.807) is 35.2 Å². The number of benzene rings is 2. The molecule has 2 aromatic carbocycles. The molecule has 150 valence electrons. The Bertz CT molecular complexity index is 794. The van der Waals surface area contributed by atoms with E-state index >= 15 is 0 Å². The number of hydrogen-bond donors (Lipinski definition) is 0. The molecular formula is C22H25ClF2N2O. The molecule has 1 aliphatic heterocycles. The number of halogens is 3. The van der Waals surface area contributed by atoms with E-state index in [0.29, 0.717) is 24.7 Å². The van der Waals surface area contributed by atoms with Crippen LogP contribution in [0.15, 0.2) is 42.5 Å². The van der Waals surface area contributed by atoms with Gasteiger partial charge in [-0.3, -0.25) is 9.69 Å². The van der Waals surface area contributed by atoms with Crippen molar-refractivity contribution in [1.82, 2.24) is 4.90 Å². The molecule has 6 heteroatoms. The summed E-state index contributed by atoms with van der Waals surface area (Å²) in [5.74, 6) is -1.70. The van der Waals surface area contributed by atoms with Crippen LogP contribution >= 0.6 is 12.4 Å². The lowest BCUT2D eigenvalue weighted by Gasteiger charge is -2.39. The first kappa shape index (κ1) is 20.7. The Labute approximate surface area is 170 Å². The van der Waals surface area contributed by atoms with Crippen molar-refractivity contribution in [3.63, 3.8) is 0 Å². The molecule has 0 N–H and O–H groups in total. The number of anilines is 1. The van der Waals surface area contributed by atoms with Gasteiger partial charge in [0.15, 0.2) is 5.78 Å². The summed E-state index contributed by atoms with van der Waals surface area (Å²) in [4.78, 5) is 16.7. The van der Waals surface area contributed by atoms with E-state index in [1.165, 1.54) is 25.7 Å². The van der Waals surface area contributed by atoms with E-state index in [4.69, 9.17) is 0 Å². The molecule has 1 aliphatic carbocycles. The predicted octanol–water partition coefficient (Wildman–Crippen LogP) is 4.68. The summed E-state index contributed by atoms with van der Waals surface area (Å²) in [5, 5.41) is 0. The van der Waals surface area contributed by atoms with Gasteiger partial charge in [0.05, 0.1) is 0 Å². The normalized spacial score (nSPS) is 18.1. The van der Waals surface area contributed by atoms with Gasteiger partial charge in [-0.1, -0.05) is 43.2 Å². The third kappa shape index (κ3) is 4.20. The van der Waals surface area contributed by atoms with Gasteiger partial charge in [0.2, 0.25) is 0 Å². The predicted molar refractivity (Wildman–Crippen MR) is 110 cm³/mol. The Morgan fingerprint density at radius 1 is 0.857 bits per heavy atom. The summed E-state index contributed by atoms with van der Waals surface area (Å²) >= 11 is 0. The molecule has 0 unspecified atom stereocenters. The van der Waals surface area contributed by atoms with Gasteiger partial charge in [0, 0.05) is 43.3 Å². The van der Waals surface area contributed by atoms with E-state index in [9.17, 15) is 13.6 Å². The van der Waals surface area contributed by atoms with Gasteiger partial charge in [-0.2, -0.15) is 0 Å². The fraction of sp³-hybridized carbons (Fsp3) is 0.409. The largest absolute Gasteiger partial charge is 0.364 e. The number of nitrogens with zero attached hydrogens (tertiary/aromatic N) is 2.